The Morgan fingerprint density at radius 1 is 1.19 bits per heavy atom. The molecule has 0 amide bonds. The Morgan fingerprint density at radius 3 is 2.69 bits per heavy atom. The van der Waals surface area contributed by atoms with Crippen LogP contribution in [-0.2, 0) is 0 Å². The fourth-order valence-electron chi connectivity index (χ4n) is 2.65. The van der Waals surface area contributed by atoms with E-state index in [1.807, 2.05) is 0 Å². The summed E-state index contributed by atoms with van der Waals surface area (Å²) in [5.74, 6) is 0. The molecular weight excluding hydrogens is 200 g/mol. The lowest BCUT2D eigenvalue weighted by Crippen LogP contribution is -2.55. The van der Waals surface area contributed by atoms with Gasteiger partial charge in [-0.3, -0.25) is 4.90 Å². The number of nitrogens with zero attached hydrogens (tertiary/aromatic N) is 2. The highest BCUT2D eigenvalue weighted by atomic mass is 15.3. The van der Waals surface area contributed by atoms with Gasteiger partial charge in [-0.25, -0.2) is 0 Å². The molecule has 0 saturated carbocycles. The smallest absolute Gasteiger partial charge is 0.0345 e. The Morgan fingerprint density at radius 2 is 1.94 bits per heavy atom. The molecule has 0 aromatic heterocycles. The van der Waals surface area contributed by atoms with Gasteiger partial charge in [-0.05, 0) is 40.0 Å². The summed E-state index contributed by atoms with van der Waals surface area (Å²) in [6.07, 6.45) is 2.57. The highest BCUT2D eigenvalue weighted by Crippen LogP contribution is 2.07. The van der Waals surface area contributed by atoms with Crippen molar-refractivity contribution in [1.82, 2.24) is 20.4 Å². The number of hydrogen-bond acceptors (Lipinski definition) is 4. The van der Waals surface area contributed by atoms with Gasteiger partial charge in [0.1, 0.15) is 0 Å². The molecule has 0 aromatic carbocycles. The van der Waals surface area contributed by atoms with Gasteiger partial charge in [-0.1, -0.05) is 0 Å². The third-order valence-electron chi connectivity index (χ3n) is 3.96. The van der Waals surface area contributed by atoms with Crippen LogP contribution in [0.15, 0.2) is 0 Å². The maximum atomic E-state index is 3.73. The van der Waals surface area contributed by atoms with Crippen LogP contribution in [0, 0.1) is 0 Å². The normalized spacial score (nSPS) is 30.8. The van der Waals surface area contributed by atoms with E-state index in [1.54, 1.807) is 0 Å². The summed E-state index contributed by atoms with van der Waals surface area (Å²) >= 11 is 0. The van der Waals surface area contributed by atoms with E-state index in [0.29, 0.717) is 6.04 Å². The first-order chi connectivity index (χ1) is 7.75. The van der Waals surface area contributed by atoms with E-state index >= 15 is 0 Å². The number of piperazine rings is 1. The first kappa shape index (κ1) is 12.3. The lowest BCUT2D eigenvalue weighted by atomic mass is 10.1. The van der Waals surface area contributed by atoms with Gasteiger partial charge in [-0.15, -0.1) is 0 Å². The highest BCUT2D eigenvalue weighted by molar-refractivity contribution is 4.83. The molecule has 0 spiro atoms. The second-order valence-corrected chi connectivity index (χ2v) is 5.33. The van der Waals surface area contributed by atoms with Crippen LogP contribution in [0.2, 0.25) is 0 Å². The summed E-state index contributed by atoms with van der Waals surface area (Å²) < 4.78 is 0. The zero-order valence-electron chi connectivity index (χ0n) is 10.7. The molecule has 2 rings (SSSR count). The molecule has 2 saturated heterocycles. The maximum absolute atomic E-state index is 3.73. The van der Waals surface area contributed by atoms with E-state index in [-0.39, 0.29) is 0 Å². The summed E-state index contributed by atoms with van der Waals surface area (Å²) in [4.78, 5) is 4.93. The van der Waals surface area contributed by atoms with Crippen LogP contribution >= 0.6 is 0 Å². The predicted molar refractivity (Wildman–Crippen MR) is 67.8 cm³/mol. The van der Waals surface area contributed by atoms with Crippen LogP contribution in [0.25, 0.3) is 0 Å². The van der Waals surface area contributed by atoms with Crippen molar-refractivity contribution in [3.63, 3.8) is 0 Å². The number of hydrogen-bond donors (Lipinski definition) is 2. The largest absolute Gasteiger partial charge is 0.317 e. The van der Waals surface area contributed by atoms with Crippen LogP contribution in [-0.4, -0.2) is 75.2 Å². The molecule has 2 fully saturated rings. The lowest BCUT2D eigenvalue weighted by molar-refractivity contribution is 0.110. The van der Waals surface area contributed by atoms with Crippen LogP contribution in [0.4, 0.5) is 0 Å². The van der Waals surface area contributed by atoms with Crippen molar-refractivity contribution in [2.45, 2.75) is 24.9 Å². The molecule has 2 N–H and O–H groups in total. The third-order valence-corrected chi connectivity index (χ3v) is 3.96. The fraction of sp³-hybridized carbons (Fsp3) is 1.00. The topological polar surface area (TPSA) is 30.5 Å². The van der Waals surface area contributed by atoms with Gasteiger partial charge in [0.05, 0.1) is 0 Å². The van der Waals surface area contributed by atoms with E-state index < -0.39 is 0 Å². The standard InChI is InChI=1S/C12H26N4/c1-15-7-8-16(2)12(10-15)9-14-11-3-5-13-6-4-11/h11-14H,3-10H2,1-2H3. The van der Waals surface area contributed by atoms with Gasteiger partial charge < -0.3 is 15.5 Å². The van der Waals surface area contributed by atoms with E-state index in [4.69, 9.17) is 0 Å². The molecule has 2 heterocycles. The first-order valence-electron chi connectivity index (χ1n) is 6.58. The average Bonchev–Trinajstić information content (AvgIpc) is 2.32. The molecule has 4 heteroatoms. The van der Waals surface area contributed by atoms with E-state index in [1.165, 1.54) is 45.6 Å². The molecule has 4 nitrogen and oxygen atoms in total. The number of rotatable bonds is 3. The summed E-state index contributed by atoms with van der Waals surface area (Å²) in [5, 5.41) is 7.14. The van der Waals surface area contributed by atoms with Crippen LogP contribution < -0.4 is 10.6 Å². The predicted octanol–water partition coefficient (Wildman–Crippen LogP) is -0.426. The van der Waals surface area contributed by atoms with Crippen LogP contribution in [0.3, 0.4) is 0 Å². The zero-order valence-corrected chi connectivity index (χ0v) is 10.7. The Balaban J connectivity index is 1.71. The highest BCUT2D eigenvalue weighted by Gasteiger charge is 2.23. The molecule has 16 heavy (non-hydrogen) atoms. The minimum Gasteiger partial charge on any atom is -0.317 e. The van der Waals surface area contributed by atoms with E-state index in [9.17, 15) is 0 Å². The quantitative estimate of drug-likeness (QED) is 0.684. The Hall–Kier alpha value is -0.160. The van der Waals surface area contributed by atoms with Gasteiger partial charge in [-0.2, -0.15) is 0 Å². The van der Waals surface area contributed by atoms with Crippen molar-refractivity contribution < 1.29 is 0 Å². The lowest BCUT2D eigenvalue weighted by Gasteiger charge is -2.38. The molecule has 0 aliphatic carbocycles. The van der Waals surface area contributed by atoms with Crippen LogP contribution in [0.5, 0.6) is 0 Å². The average molecular weight is 226 g/mol. The van der Waals surface area contributed by atoms with Gasteiger partial charge in [0.25, 0.3) is 0 Å². The van der Waals surface area contributed by atoms with Crippen molar-refractivity contribution >= 4 is 0 Å². The molecule has 0 radical (unpaired) electrons. The second-order valence-electron chi connectivity index (χ2n) is 5.33. The maximum Gasteiger partial charge on any atom is 0.0345 e. The molecule has 0 bridgehead atoms. The van der Waals surface area contributed by atoms with Gasteiger partial charge in [0, 0.05) is 38.3 Å². The van der Waals surface area contributed by atoms with Gasteiger partial charge in [0.2, 0.25) is 0 Å². The van der Waals surface area contributed by atoms with Crippen molar-refractivity contribution in [2.75, 3.05) is 53.4 Å². The molecule has 2 aliphatic rings. The summed E-state index contributed by atoms with van der Waals surface area (Å²) in [6, 6.07) is 1.43. The number of nitrogens with one attached hydrogen (secondary N) is 2. The summed E-state index contributed by atoms with van der Waals surface area (Å²) in [6.45, 7) is 7.12. The molecule has 94 valence electrons. The minimum absolute atomic E-state index is 0.689. The van der Waals surface area contributed by atoms with Crippen molar-refractivity contribution in [2.24, 2.45) is 0 Å². The zero-order chi connectivity index (χ0) is 11.4. The monoisotopic (exact) mass is 226 g/mol. The van der Waals surface area contributed by atoms with Crippen molar-refractivity contribution in [1.29, 1.82) is 0 Å². The minimum atomic E-state index is 0.689. The third kappa shape index (κ3) is 3.42. The molecule has 1 atom stereocenters. The van der Waals surface area contributed by atoms with Gasteiger partial charge >= 0.3 is 0 Å². The number of likely N-dealkylation sites (N-methyl/N-ethyl adjacent to an activating group) is 2. The van der Waals surface area contributed by atoms with Crippen molar-refractivity contribution in [3.8, 4) is 0 Å². The Kier molecular flexibility index (Phi) is 4.58. The second kappa shape index (κ2) is 5.96. The summed E-state index contributed by atoms with van der Waals surface area (Å²) in [5.41, 5.74) is 0. The number of piperidine rings is 1. The first-order valence-corrected chi connectivity index (χ1v) is 6.58. The molecule has 1 unspecified atom stereocenters. The fourth-order valence-corrected chi connectivity index (χ4v) is 2.65. The Bertz CT molecular complexity index is 203. The molecule has 0 aromatic rings. The Labute approximate surface area is 99.4 Å². The van der Waals surface area contributed by atoms with Crippen molar-refractivity contribution in [3.05, 3.63) is 0 Å². The van der Waals surface area contributed by atoms with E-state index in [2.05, 4.69) is 34.5 Å². The molecule has 2 aliphatic heterocycles. The van der Waals surface area contributed by atoms with Crippen LogP contribution in [0.1, 0.15) is 12.8 Å². The molecular formula is C12H26N4. The van der Waals surface area contributed by atoms with Gasteiger partial charge in [0.15, 0.2) is 0 Å². The van der Waals surface area contributed by atoms with E-state index in [0.717, 1.165) is 12.6 Å². The SMILES string of the molecule is CN1CCN(C)C(CNC2CCNCC2)C1. The summed E-state index contributed by atoms with van der Waals surface area (Å²) in [7, 11) is 4.48.